The number of nitrogens with two attached hydrogens (primary N) is 1. The van der Waals surface area contributed by atoms with Crippen molar-refractivity contribution in [2.75, 3.05) is 5.43 Å². The smallest absolute Gasteiger partial charge is 0.180 e. The van der Waals surface area contributed by atoms with E-state index in [-0.39, 0.29) is 5.92 Å². The third kappa shape index (κ3) is 3.11. The average molecular weight is 268 g/mol. The van der Waals surface area contributed by atoms with E-state index in [1.807, 2.05) is 13.8 Å². The zero-order chi connectivity index (χ0) is 12.3. The summed E-state index contributed by atoms with van der Waals surface area (Å²) in [7, 11) is 0. The molecule has 2 rings (SSSR count). The van der Waals surface area contributed by atoms with Crippen LogP contribution in [0.25, 0.3) is 0 Å². The van der Waals surface area contributed by atoms with E-state index in [0.717, 1.165) is 15.2 Å². The van der Waals surface area contributed by atoms with Crippen molar-refractivity contribution in [3.05, 3.63) is 17.4 Å². The van der Waals surface area contributed by atoms with Gasteiger partial charge in [0.2, 0.25) is 0 Å². The summed E-state index contributed by atoms with van der Waals surface area (Å²) in [5.41, 5.74) is 4.23. The highest BCUT2D eigenvalue weighted by molar-refractivity contribution is 8.00. The first-order valence-electron chi connectivity index (χ1n) is 4.98. The molecule has 0 radical (unpaired) electrons. The first-order valence-corrected chi connectivity index (χ1v) is 6.68. The van der Waals surface area contributed by atoms with Gasteiger partial charge in [-0.25, -0.2) is 15.8 Å². The lowest BCUT2D eigenvalue weighted by atomic mass is 10.2. The Kier molecular flexibility index (Phi) is 3.87. The fourth-order valence-corrected chi connectivity index (χ4v) is 2.56. The monoisotopic (exact) mass is 268 g/mol. The first kappa shape index (κ1) is 12.2. The second-order valence-electron chi connectivity index (χ2n) is 3.56. The van der Waals surface area contributed by atoms with Crippen LogP contribution < -0.4 is 11.3 Å². The highest BCUT2D eigenvalue weighted by Gasteiger charge is 2.09. The number of hydrogen-bond acceptors (Lipinski definition) is 8. The van der Waals surface area contributed by atoms with Crippen LogP contribution in [0.15, 0.2) is 20.9 Å². The van der Waals surface area contributed by atoms with Gasteiger partial charge in [0.15, 0.2) is 4.34 Å². The van der Waals surface area contributed by atoms with E-state index in [4.69, 9.17) is 5.84 Å². The maximum atomic E-state index is 5.39. The van der Waals surface area contributed by atoms with Crippen LogP contribution in [0.4, 0.5) is 5.82 Å². The highest BCUT2D eigenvalue weighted by atomic mass is 32.2. The van der Waals surface area contributed by atoms with Gasteiger partial charge in [-0.1, -0.05) is 25.2 Å². The molecule has 6 nitrogen and oxygen atoms in total. The van der Waals surface area contributed by atoms with Crippen LogP contribution in [-0.4, -0.2) is 20.2 Å². The standard InChI is InChI=1S/C9H12N6S2/c1-5(2)8-12-6(14-10)3-7(13-8)17-9-15-11-4-16-9/h3-5H,10H2,1-2H3,(H,12,13,14). The third-order valence-electron chi connectivity index (χ3n) is 1.92. The molecule has 3 N–H and O–H groups in total. The van der Waals surface area contributed by atoms with Crippen molar-refractivity contribution >= 4 is 28.9 Å². The summed E-state index contributed by atoms with van der Waals surface area (Å²) in [6.07, 6.45) is 0. The molecule has 0 saturated carbocycles. The van der Waals surface area contributed by atoms with Gasteiger partial charge in [0, 0.05) is 12.0 Å². The van der Waals surface area contributed by atoms with Gasteiger partial charge in [-0.15, -0.1) is 10.2 Å². The summed E-state index contributed by atoms with van der Waals surface area (Å²) in [4.78, 5) is 8.74. The number of aromatic nitrogens is 4. The molecule has 0 saturated heterocycles. The lowest BCUT2D eigenvalue weighted by Gasteiger charge is -2.08. The Morgan fingerprint density at radius 3 is 2.82 bits per heavy atom. The molecular formula is C9H12N6S2. The van der Waals surface area contributed by atoms with Crippen LogP contribution in [0.1, 0.15) is 25.6 Å². The SMILES string of the molecule is CC(C)c1nc(NN)cc(Sc2nncs2)n1. The Balaban J connectivity index is 2.29. The van der Waals surface area contributed by atoms with Crippen molar-refractivity contribution < 1.29 is 0 Å². The van der Waals surface area contributed by atoms with Crippen LogP contribution in [0.5, 0.6) is 0 Å². The van der Waals surface area contributed by atoms with Crippen LogP contribution in [0.3, 0.4) is 0 Å². The van der Waals surface area contributed by atoms with E-state index < -0.39 is 0 Å². The Labute approximate surface area is 107 Å². The lowest BCUT2D eigenvalue weighted by Crippen LogP contribution is -2.11. The quantitative estimate of drug-likeness (QED) is 0.497. The molecule has 0 aliphatic carbocycles. The number of hydrogen-bond donors (Lipinski definition) is 2. The van der Waals surface area contributed by atoms with Crippen LogP contribution in [-0.2, 0) is 0 Å². The van der Waals surface area contributed by atoms with Gasteiger partial charge in [0.1, 0.15) is 22.2 Å². The molecule has 0 fully saturated rings. The van der Waals surface area contributed by atoms with Gasteiger partial charge in [0.25, 0.3) is 0 Å². The minimum absolute atomic E-state index is 0.247. The summed E-state index contributed by atoms with van der Waals surface area (Å²) < 4.78 is 0.848. The molecule has 0 atom stereocenters. The van der Waals surface area contributed by atoms with Crippen LogP contribution in [0, 0.1) is 0 Å². The summed E-state index contributed by atoms with van der Waals surface area (Å²) >= 11 is 2.93. The fourth-order valence-electron chi connectivity index (χ4n) is 1.12. The predicted octanol–water partition coefficient (Wildman–Crippen LogP) is 1.89. The maximum Gasteiger partial charge on any atom is 0.180 e. The Bertz CT molecular complexity index is 484. The van der Waals surface area contributed by atoms with Crippen molar-refractivity contribution in [2.45, 2.75) is 29.1 Å². The molecular weight excluding hydrogens is 256 g/mol. The molecule has 90 valence electrons. The summed E-state index contributed by atoms with van der Waals surface area (Å²) in [5, 5.41) is 8.56. The Hall–Kier alpha value is -1.25. The largest absolute Gasteiger partial charge is 0.308 e. The fraction of sp³-hybridized carbons (Fsp3) is 0.333. The molecule has 0 aliphatic heterocycles. The molecule has 0 amide bonds. The second kappa shape index (κ2) is 5.39. The minimum atomic E-state index is 0.247. The van der Waals surface area contributed by atoms with E-state index in [1.54, 1.807) is 11.6 Å². The predicted molar refractivity (Wildman–Crippen MR) is 68.0 cm³/mol. The van der Waals surface area contributed by atoms with Crippen molar-refractivity contribution in [1.29, 1.82) is 0 Å². The Morgan fingerprint density at radius 1 is 1.41 bits per heavy atom. The molecule has 0 bridgehead atoms. The zero-order valence-electron chi connectivity index (χ0n) is 9.41. The summed E-state index contributed by atoms with van der Waals surface area (Å²) in [5.74, 6) is 7.00. The molecule has 0 unspecified atom stereocenters. The van der Waals surface area contributed by atoms with E-state index >= 15 is 0 Å². The highest BCUT2D eigenvalue weighted by Crippen LogP contribution is 2.29. The normalized spacial score (nSPS) is 10.8. The summed E-state index contributed by atoms with van der Waals surface area (Å²) in [6, 6.07) is 1.79. The average Bonchev–Trinajstić information content (AvgIpc) is 2.81. The lowest BCUT2D eigenvalue weighted by molar-refractivity contribution is 0.754. The molecule has 0 spiro atoms. The number of nitrogens with zero attached hydrogens (tertiary/aromatic N) is 4. The van der Waals surface area contributed by atoms with Gasteiger partial charge < -0.3 is 5.43 Å². The molecule has 0 aromatic carbocycles. The topological polar surface area (TPSA) is 89.6 Å². The minimum Gasteiger partial charge on any atom is -0.308 e. The van der Waals surface area contributed by atoms with E-state index in [0.29, 0.717) is 5.82 Å². The molecule has 2 aromatic rings. The Morgan fingerprint density at radius 2 is 2.24 bits per heavy atom. The summed E-state index contributed by atoms with van der Waals surface area (Å²) in [6.45, 7) is 4.07. The maximum absolute atomic E-state index is 5.39. The van der Waals surface area contributed by atoms with E-state index in [2.05, 4.69) is 25.6 Å². The van der Waals surface area contributed by atoms with Crippen molar-refractivity contribution in [1.82, 2.24) is 20.2 Å². The number of anilines is 1. The number of nitrogens with one attached hydrogen (secondary N) is 1. The number of hydrazine groups is 1. The van der Waals surface area contributed by atoms with Crippen LogP contribution >= 0.6 is 23.1 Å². The first-order chi connectivity index (χ1) is 8.19. The molecule has 17 heavy (non-hydrogen) atoms. The number of nitrogen functional groups attached to an aromatic ring is 1. The van der Waals surface area contributed by atoms with E-state index in [1.165, 1.54) is 23.1 Å². The zero-order valence-corrected chi connectivity index (χ0v) is 11.0. The van der Waals surface area contributed by atoms with Crippen molar-refractivity contribution in [3.63, 3.8) is 0 Å². The van der Waals surface area contributed by atoms with Crippen LogP contribution in [0.2, 0.25) is 0 Å². The van der Waals surface area contributed by atoms with Gasteiger partial charge in [-0.05, 0) is 11.8 Å². The molecule has 8 heteroatoms. The number of rotatable bonds is 4. The molecule has 0 aliphatic rings. The third-order valence-corrected chi connectivity index (χ3v) is 3.61. The molecule has 2 heterocycles. The van der Waals surface area contributed by atoms with Crippen molar-refractivity contribution in [3.8, 4) is 0 Å². The molecule has 2 aromatic heterocycles. The van der Waals surface area contributed by atoms with E-state index in [9.17, 15) is 0 Å². The van der Waals surface area contributed by atoms with Crippen molar-refractivity contribution in [2.24, 2.45) is 5.84 Å². The van der Waals surface area contributed by atoms with Gasteiger partial charge in [-0.3, -0.25) is 0 Å². The van der Waals surface area contributed by atoms with Gasteiger partial charge >= 0.3 is 0 Å². The second-order valence-corrected chi connectivity index (χ2v) is 5.66. The van der Waals surface area contributed by atoms with Gasteiger partial charge in [-0.2, -0.15) is 0 Å². The van der Waals surface area contributed by atoms with Gasteiger partial charge in [0.05, 0.1) is 0 Å².